The molecular formula is C19H29N4O+. The fourth-order valence-corrected chi connectivity index (χ4v) is 3.53. The topological polar surface area (TPSA) is 49.1 Å². The van der Waals surface area contributed by atoms with Crippen molar-refractivity contribution in [3.63, 3.8) is 0 Å². The summed E-state index contributed by atoms with van der Waals surface area (Å²) in [5.41, 5.74) is 5.22. The highest BCUT2D eigenvalue weighted by atomic mass is 16.2. The minimum absolute atomic E-state index is 0.0612. The molecule has 0 radical (unpaired) electrons. The maximum absolute atomic E-state index is 12.0. The van der Waals surface area contributed by atoms with Gasteiger partial charge in [-0.05, 0) is 37.8 Å². The standard InChI is InChI=1S/C19H28N4O/c24-19(21-20-17-7-3-1-4-8-17)11-12-22-13-15-23(16-14-22)18-9-5-2-6-10-18/h2,5-6,9-10H,1,3-4,7-8,11-16H2,(H,21,24)/p+1. The second-order valence-corrected chi connectivity index (χ2v) is 6.85. The zero-order valence-electron chi connectivity index (χ0n) is 14.5. The van der Waals surface area contributed by atoms with Crippen molar-refractivity contribution in [2.45, 2.75) is 38.5 Å². The molecule has 0 atom stereocenters. The molecule has 1 aromatic carbocycles. The van der Waals surface area contributed by atoms with E-state index in [4.69, 9.17) is 0 Å². The zero-order valence-corrected chi connectivity index (χ0v) is 14.5. The van der Waals surface area contributed by atoms with E-state index < -0.39 is 0 Å². The number of rotatable bonds is 5. The van der Waals surface area contributed by atoms with Gasteiger partial charge in [-0.3, -0.25) is 4.79 Å². The summed E-state index contributed by atoms with van der Waals surface area (Å²) >= 11 is 0. The van der Waals surface area contributed by atoms with Gasteiger partial charge < -0.3 is 9.80 Å². The molecule has 1 aromatic rings. The van der Waals surface area contributed by atoms with E-state index in [0.717, 1.165) is 45.6 Å². The highest BCUT2D eigenvalue weighted by Gasteiger charge is 2.20. The Kier molecular flexibility index (Phi) is 6.24. The van der Waals surface area contributed by atoms with E-state index in [1.165, 1.54) is 35.6 Å². The molecule has 130 valence electrons. The van der Waals surface area contributed by atoms with E-state index >= 15 is 0 Å². The van der Waals surface area contributed by atoms with Gasteiger partial charge in [0.1, 0.15) is 0 Å². The number of carbonyl (C=O) groups excluding carboxylic acids is 1. The molecule has 1 saturated heterocycles. The third-order valence-corrected chi connectivity index (χ3v) is 5.07. The van der Waals surface area contributed by atoms with Crippen molar-refractivity contribution in [3.05, 3.63) is 30.3 Å². The second kappa shape index (κ2) is 8.83. The van der Waals surface area contributed by atoms with Gasteiger partial charge in [0, 0.05) is 11.4 Å². The molecule has 0 spiro atoms. The summed E-state index contributed by atoms with van der Waals surface area (Å²) in [6, 6.07) is 10.6. The predicted molar refractivity (Wildman–Crippen MR) is 97.5 cm³/mol. The Morgan fingerprint density at radius 1 is 1.08 bits per heavy atom. The van der Waals surface area contributed by atoms with E-state index in [-0.39, 0.29) is 5.91 Å². The third kappa shape index (κ3) is 5.06. The lowest BCUT2D eigenvalue weighted by atomic mass is 9.99. The molecule has 24 heavy (non-hydrogen) atoms. The Hall–Kier alpha value is -1.88. The van der Waals surface area contributed by atoms with Crippen LogP contribution in [0.1, 0.15) is 38.5 Å². The molecule has 1 aliphatic heterocycles. The highest BCUT2D eigenvalue weighted by molar-refractivity contribution is 5.86. The number of hydrogen-bond acceptors (Lipinski definition) is 3. The molecule has 3 rings (SSSR count). The first kappa shape index (κ1) is 17.0. The SMILES string of the molecule is O=C(CC[NH+]1CCN(c2ccccc2)CC1)NN=C1CCCCC1. The Balaban J connectivity index is 1.35. The van der Waals surface area contributed by atoms with Crippen molar-refractivity contribution in [1.29, 1.82) is 0 Å². The molecule has 1 heterocycles. The van der Waals surface area contributed by atoms with Gasteiger partial charge in [0.15, 0.2) is 0 Å². The lowest BCUT2D eigenvalue weighted by molar-refractivity contribution is -0.900. The van der Waals surface area contributed by atoms with Crippen molar-refractivity contribution < 1.29 is 9.69 Å². The second-order valence-electron chi connectivity index (χ2n) is 6.85. The summed E-state index contributed by atoms with van der Waals surface area (Å²) < 4.78 is 0. The Morgan fingerprint density at radius 3 is 2.50 bits per heavy atom. The average molecular weight is 329 g/mol. The largest absolute Gasteiger partial charge is 0.360 e. The van der Waals surface area contributed by atoms with Crippen LogP contribution in [0.5, 0.6) is 0 Å². The summed E-state index contributed by atoms with van der Waals surface area (Å²) in [5.74, 6) is 0.0612. The highest BCUT2D eigenvalue weighted by Crippen LogP contribution is 2.14. The summed E-state index contributed by atoms with van der Waals surface area (Å²) in [6.07, 6.45) is 6.39. The van der Waals surface area contributed by atoms with Crippen LogP contribution < -0.4 is 15.2 Å². The minimum Gasteiger partial charge on any atom is -0.360 e. The molecular weight excluding hydrogens is 300 g/mol. The van der Waals surface area contributed by atoms with Crippen molar-refractivity contribution in [3.8, 4) is 0 Å². The molecule has 0 bridgehead atoms. The number of nitrogens with zero attached hydrogens (tertiary/aromatic N) is 2. The van der Waals surface area contributed by atoms with Crippen LogP contribution in [0.4, 0.5) is 5.69 Å². The quantitative estimate of drug-likeness (QED) is 0.798. The van der Waals surface area contributed by atoms with Crippen molar-refractivity contribution in [1.82, 2.24) is 5.43 Å². The number of hydrogen-bond donors (Lipinski definition) is 2. The van der Waals surface area contributed by atoms with Gasteiger partial charge in [-0.15, -0.1) is 0 Å². The number of nitrogens with one attached hydrogen (secondary N) is 2. The van der Waals surface area contributed by atoms with Crippen LogP contribution in [-0.2, 0) is 4.79 Å². The number of benzene rings is 1. The maximum Gasteiger partial charge on any atom is 0.245 e. The number of piperazine rings is 1. The Morgan fingerprint density at radius 2 is 1.79 bits per heavy atom. The van der Waals surface area contributed by atoms with Gasteiger partial charge >= 0.3 is 0 Å². The molecule has 2 aliphatic rings. The zero-order chi connectivity index (χ0) is 16.6. The fourth-order valence-electron chi connectivity index (χ4n) is 3.53. The van der Waals surface area contributed by atoms with Crippen LogP contribution in [0, 0.1) is 0 Å². The molecule has 0 unspecified atom stereocenters. The normalized spacial score (nSPS) is 19.2. The lowest BCUT2D eigenvalue weighted by Crippen LogP contribution is -3.15. The van der Waals surface area contributed by atoms with Gasteiger partial charge in [0.05, 0.1) is 39.1 Å². The van der Waals surface area contributed by atoms with E-state index in [9.17, 15) is 4.79 Å². The molecule has 1 amide bonds. The fraction of sp³-hybridized carbons (Fsp3) is 0.579. The molecule has 5 heteroatoms. The smallest absolute Gasteiger partial charge is 0.245 e. The van der Waals surface area contributed by atoms with Crippen LogP contribution >= 0.6 is 0 Å². The summed E-state index contributed by atoms with van der Waals surface area (Å²) in [6.45, 7) is 5.21. The molecule has 2 N–H and O–H groups in total. The number of anilines is 1. The van der Waals surface area contributed by atoms with Crippen LogP contribution in [-0.4, -0.2) is 44.3 Å². The molecule has 1 saturated carbocycles. The van der Waals surface area contributed by atoms with Gasteiger partial charge in [0.25, 0.3) is 0 Å². The minimum atomic E-state index is 0.0612. The maximum atomic E-state index is 12.0. The first-order valence-electron chi connectivity index (χ1n) is 9.29. The summed E-state index contributed by atoms with van der Waals surface area (Å²) in [7, 11) is 0. The third-order valence-electron chi connectivity index (χ3n) is 5.07. The summed E-state index contributed by atoms with van der Waals surface area (Å²) in [4.78, 5) is 15.9. The predicted octanol–water partition coefficient (Wildman–Crippen LogP) is 1.22. The number of para-hydroxylation sites is 1. The first-order valence-corrected chi connectivity index (χ1v) is 9.29. The van der Waals surface area contributed by atoms with E-state index in [0.29, 0.717) is 6.42 Å². The van der Waals surface area contributed by atoms with Gasteiger partial charge in [-0.1, -0.05) is 24.6 Å². The first-order chi connectivity index (χ1) is 11.8. The average Bonchev–Trinajstić information content (AvgIpc) is 2.67. The van der Waals surface area contributed by atoms with E-state index in [2.05, 4.69) is 45.8 Å². The number of amides is 1. The van der Waals surface area contributed by atoms with Gasteiger partial charge in [-0.2, -0.15) is 5.10 Å². The number of carbonyl (C=O) groups is 1. The number of hydrazone groups is 1. The van der Waals surface area contributed by atoms with Crippen molar-refractivity contribution in [2.75, 3.05) is 37.6 Å². The molecule has 1 aliphatic carbocycles. The van der Waals surface area contributed by atoms with Gasteiger partial charge in [0.2, 0.25) is 5.91 Å². The van der Waals surface area contributed by atoms with Crippen LogP contribution in [0.15, 0.2) is 35.4 Å². The Labute approximate surface area is 144 Å². The van der Waals surface area contributed by atoms with Crippen LogP contribution in [0.2, 0.25) is 0 Å². The summed E-state index contributed by atoms with van der Waals surface area (Å²) in [5, 5.41) is 4.30. The van der Waals surface area contributed by atoms with E-state index in [1.807, 2.05) is 0 Å². The Bertz CT molecular complexity index is 542. The van der Waals surface area contributed by atoms with E-state index in [1.54, 1.807) is 0 Å². The lowest BCUT2D eigenvalue weighted by Gasteiger charge is -2.33. The van der Waals surface area contributed by atoms with Crippen LogP contribution in [0.25, 0.3) is 0 Å². The van der Waals surface area contributed by atoms with Crippen molar-refractivity contribution >= 4 is 17.3 Å². The monoisotopic (exact) mass is 329 g/mol. The molecule has 5 nitrogen and oxygen atoms in total. The van der Waals surface area contributed by atoms with Crippen molar-refractivity contribution in [2.24, 2.45) is 5.10 Å². The number of quaternary nitrogens is 1. The van der Waals surface area contributed by atoms with Gasteiger partial charge in [-0.25, -0.2) is 5.43 Å². The van der Waals surface area contributed by atoms with Crippen LogP contribution in [0.3, 0.4) is 0 Å². The molecule has 0 aromatic heterocycles. The molecule has 2 fully saturated rings.